The molecule has 134 valence electrons. The van der Waals surface area contributed by atoms with E-state index in [1.807, 2.05) is 0 Å². The zero-order valence-corrected chi connectivity index (χ0v) is 15.5. The highest BCUT2D eigenvalue weighted by atomic mass is 16.1. The summed E-state index contributed by atoms with van der Waals surface area (Å²) in [4.78, 5) is 11.3. The number of rotatable bonds is 17. The van der Waals surface area contributed by atoms with Crippen molar-refractivity contribution >= 4 is 5.91 Å². The summed E-state index contributed by atoms with van der Waals surface area (Å²) in [6, 6.07) is 0. The summed E-state index contributed by atoms with van der Waals surface area (Å²) >= 11 is 0. The van der Waals surface area contributed by atoms with Gasteiger partial charge in [0.25, 0.3) is 0 Å². The monoisotopic (exact) mass is 321 g/mol. The summed E-state index contributed by atoms with van der Waals surface area (Å²) < 4.78 is 0. The molecule has 2 nitrogen and oxygen atoms in total. The third-order valence-electron chi connectivity index (χ3n) is 4.40. The predicted molar refractivity (Wildman–Crippen MR) is 101 cm³/mol. The van der Waals surface area contributed by atoms with Gasteiger partial charge < -0.3 is 5.32 Å². The third kappa shape index (κ3) is 19.0. The van der Waals surface area contributed by atoms with Crippen LogP contribution in [-0.4, -0.2) is 12.5 Å². The molecule has 0 radical (unpaired) electrons. The molecule has 0 aliphatic heterocycles. The minimum atomic E-state index is 0.0950. The van der Waals surface area contributed by atoms with Crippen LogP contribution < -0.4 is 5.32 Å². The average Bonchev–Trinajstić information content (AvgIpc) is 2.56. The maximum Gasteiger partial charge on any atom is 0.220 e. The summed E-state index contributed by atoms with van der Waals surface area (Å²) in [5, 5.41) is 2.71. The summed E-state index contributed by atoms with van der Waals surface area (Å²) in [5.74, 6) is 2.52. The van der Waals surface area contributed by atoms with Gasteiger partial charge in [0.2, 0.25) is 5.91 Å². The Balaban J connectivity index is 3.05. The number of carbonyl (C=O) groups is 1. The van der Waals surface area contributed by atoms with E-state index in [-0.39, 0.29) is 5.91 Å². The van der Waals surface area contributed by atoms with Gasteiger partial charge in [0.15, 0.2) is 0 Å². The van der Waals surface area contributed by atoms with E-state index in [1.54, 1.807) is 0 Å². The Morgan fingerprint density at radius 3 is 1.52 bits per heavy atom. The second kappa shape index (κ2) is 19.1. The predicted octanol–water partition coefficient (Wildman–Crippen LogP) is 6.00. The minimum Gasteiger partial charge on any atom is -0.345 e. The van der Waals surface area contributed by atoms with Crippen LogP contribution in [0, 0.1) is 12.3 Å². The Hall–Kier alpha value is -0.970. The van der Waals surface area contributed by atoms with Gasteiger partial charge in [-0.15, -0.1) is 6.42 Å². The van der Waals surface area contributed by atoms with E-state index in [0.29, 0.717) is 13.0 Å². The molecule has 0 fully saturated rings. The van der Waals surface area contributed by atoms with Crippen LogP contribution >= 0.6 is 0 Å². The maximum absolute atomic E-state index is 11.3. The van der Waals surface area contributed by atoms with Gasteiger partial charge in [-0.2, -0.15) is 0 Å². The molecule has 0 heterocycles. The molecule has 0 aromatic carbocycles. The van der Waals surface area contributed by atoms with E-state index in [2.05, 4.69) is 18.2 Å². The number of carbonyl (C=O) groups excluding carboxylic acids is 1. The number of nitrogens with one attached hydrogen (secondary N) is 1. The first-order valence-electron chi connectivity index (χ1n) is 10.0. The first-order chi connectivity index (χ1) is 11.3. The first kappa shape index (κ1) is 22.0. The Labute approximate surface area is 145 Å². The van der Waals surface area contributed by atoms with Crippen LogP contribution in [0.2, 0.25) is 0 Å². The zero-order valence-electron chi connectivity index (χ0n) is 15.5. The molecule has 0 bridgehead atoms. The van der Waals surface area contributed by atoms with Crippen LogP contribution in [0.25, 0.3) is 0 Å². The van der Waals surface area contributed by atoms with Crippen LogP contribution in [0.1, 0.15) is 110 Å². The fourth-order valence-corrected chi connectivity index (χ4v) is 2.89. The van der Waals surface area contributed by atoms with E-state index in [4.69, 9.17) is 6.42 Å². The molecule has 0 aromatic heterocycles. The average molecular weight is 322 g/mol. The molecule has 23 heavy (non-hydrogen) atoms. The van der Waals surface area contributed by atoms with Gasteiger partial charge in [-0.1, -0.05) is 103 Å². The van der Waals surface area contributed by atoms with Gasteiger partial charge in [-0.05, 0) is 6.42 Å². The lowest BCUT2D eigenvalue weighted by molar-refractivity contribution is -0.120. The fraction of sp³-hybridized carbons (Fsp3) is 0.857. The van der Waals surface area contributed by atoms with E-state index >= 15 is 0 Å². The van der Waals surface area contributed by atoms with Crippen molar-refractivity contribution in [2.24, 2.45) is 0 Å². The Kier molecular flexibility index (Phi) is 18.3. The quantitative estimate of drug-likeness (QED) is 0.258. The molecular formula is C21H39NO. The van der Waals surface area contributed by atoms with Gasteiger partial charge in [0.1, 0.15) is 0 Å². The number of unbranched alkanes of at least 4 members (excludes halogenated alkanes) is 14. The smallest absolute Gasteiger partial charge is 0.220 e. The molecule has 0 aliphatic rings. The summed E-state index contributed by atoms with van der Waals surface area (Å²) in [5.41, 5.74) is 0. The molecule has 0 spiro atoms. The van der Waals surface area contributed by atoms with E-state index in [1.165, 1.54) is 89.9 Å². The highest BCUT2D eigenvalue weighted by Crippen LogP contribution is 2.13. The molecule has 0 aromatic rings. The second-order valence-electron chi connectivity index (χ2n) is 6.68. The number of hydrogen-bond donors (Lipinski definition) is 1. The van der Waals surface area contributed by atoms with E-state index in [9.17, 15) is 4.79 Å². The lowest BCUT2D eigenvalue weighted by Gasteiger charge is -2.04. The fourth-order valence-electron chi connectivity index (χ4n) is 2.89. The minimum absolute atomic E-state index is 0.0950. The van der Waals surface area contributed by atoms with Crippen molar-refractivity contribution in [1.29, 1.82) is 0 Å². The van der Waals surface area contributed by atoms with Gasteiger partial charge in [-0.25, -0.2) is 0 Å². The van der Waals surface area contributed by atoms with Gasteiger partial charge in [0, 0.05) is 6.42 Å². The topological polar surface area (TPSA) is 29.1 Å². The van der Waals surface area contributed by atoms with Crippen molar-refractivity contribution in [2.45, 2.75) is 110 Å². The lowest BCUT2D eigenvalue weighted by Crippen LogP contribution is -2.22. The zero-order chi connectivity index (χ0) is 17.0. The summed E-state index contributed by atoms with van der Waals surface area (Å²) in [7, 11) is 0. The number of amides is 1. The Morgan fingerprint density at radius 2 is 1.13 bits per heavy atom. The normalized spacial score (nSPS) is 10.4. The third-order valence-corrected chi connectivity index (χ3v) is 4.40. The van der Waals surface area contributed by atoms with Crippen molar-refractivity contribution < 1.29 is 4.79 Å². The molecule has 0 aliphatic carbocycles. The molecule has 1 amide bonds. The highest BCUT2D eigenvalue weighted by molar-refractivity contribution is 5.76. The molecule has 0 unspecified atom stereocenters. The SMILES string of the molecule is C#CCNC(=O)CCCCCCCCCCCCCCCCC. The number of terminal acetylenes is 1. The molecule has 2 heteroatoms. The molecule has 1 N–H and O–H groups in total. The van der Waals surface area contributed by atoms with E-state index in [0.717, 1.165) is 6.42 Å². The van der Waals surface area contributed by atoms with Crippen LogP contribution in [0.3, 0.4) is 0 Å². The van der Waals surface area contributed by atoms with Gasteiger partial charge in [0.05, 0.1) is 6.54 Å². The molecule has 0 saturated heterocycles. The first-order valence-corrected chi connectivity index (χ1v) is 10.0. The second-order valence-corrected chi connectivity index (χ2v) is 6.68. The van der Waals surface area contributed by atoms with Crippen LogP contribution in [0.5, 0.6) is 0 Å². The molecular weight excluding hydrogens is 282 g/mol. The molecule has 0 atom stereocenters. The van der Waals surface area contributed by atoms with Crippen molar-refractivity contribution in [3.63, 3.8) is 0 Å². The van der Waals surface area contributed by atoms with Crippen molar-refractivity contribution in [2.75, 3.05) is 6.54 Å². The Morgan fingerprint density at radius 1 is 0.739 bits per heavy atom. The van der Waals surface area contributed by atoms with Crippen LogP contribution in [0.15, 0.2) is 0 Å². The highest BCUT2D eigenvalue weighted by Gasteiger charge is 1.99. The Bertz CT molecular complexity index is 293. The molecule has 0 rings (SSSR count). The summed E-state index contributed by atoms with van der Waals surface area (Å²) in [6.07, 6.45) is 26.0. The number of hydrogen-bond acceptors (Lipinski definition) is 1. The van der Waals surface area contributed by atoms with Gasteiger partial charge in [-0.3, -0.25) is 4.79 Å². The summed E-state index contributed by atoms with van der Waals surface area (Å²) in [6.45, 7) is 2.63. The van der Waals surface area contributed by atoms with Gasteiger partial charge >= 0.3 is 0 Å². The molecule has 0 saturated carbocycles. The van der Waals surface area contributed by atoms with Crippen LogP contribution in [-0.2, 0) is 4.79 Å². The maximum atomic E-state index is 11.3. The van der Waals surface area contributed by atoms with Crippen LogP contribution in [0.4, 0.5) is 0 Å². The van der Waals surface area contributed by atoms with Crippen molar-refractivity contribution in [3.8, 4) is 12.3 Å². The van der Waals surface area contributed by atoms with E-state index < -0.39 is 0 Å². The largest absolute Gasteiger partial charge is 0.345 e. The lowest BCUT2D eigenvalue weighted by atomic mass is 10.0. The van der Waals surface area contributed by atoms with Crippen molar-refractivity contribution in [1.82, 2.24) is 5.32 Å². The van der Waals surface area contributed by atoms with Crippen molar-refractivity contribution in [3.05, 3.63) is 0 Å². The standard InChI is InChI=1S/C21H39NO/c1-3-5-6-7-8-9-10-11-12-13-14-15-16-17-18-19-21(23)22-20-4-2/h2H,3,5-20H2,1H3,(H,22,23).